The van der Waals surface area contributed by atoms with Crippen LogP contribution in [0.2, 0.25) is 0 Å². The van der Waals surface area contributed by atoms with Gasteiger partial charge in [-0.1, -0.05) is 31.0 Å². The Hall–Kier alpha value is -1.54. The van der Waals surface area contributed by atoms with Crippen LogP contribution in [0.5, 0.6) is 5.75 Å². The molecule has 2 aromatic rings. The zero-order valence-corrected chi connectivity index (χ0v) is 12.5. The van der Waals surface area contributed by atoms with Gasteiger partial charge in [0.2, 0.25) is 0 Å². The highest BCUT2D eigenvalue weighted by molar-refractivity contribution is 5.84. The van der Waals surface area contributed by atoms with E-state index in [1.165, 1.54) is 36.5 Å². The van der Waals surface area contributed by atoms with Gasteiger partial charge in [-0.15, -0.1) is 0 Å². The van der Waals surface area contributed by atoms with Gasteiger partial charge in [0.1, 0.15) is 5.75 Å². The second-order valence-corrected chi connectivity index (χ2v) is 6.61. The fraction of sp³-hybridized carbons (Fsp3) is 0.474. The van der Waals surface area contributed by atoms with E-state index in [1.54, 1.807) is 7.11 Å². The Kier molecular flexibility index (Phi) is 3.15. The van der Waals surface area contributed by atoms with Gasteiger partial charge in [0, 0.05) is 0 Å². The minimum absolute atomic E-state index is 0.287. The van der Waals surface area contributed by atoms with Gasteiger partial charge in [-0.25, -0.2) is 0 Å². The third-order valence-electron chi connectivity index (χ3n) is 5.50. The van der Waals surface area contributed by atoms with E-state index in [1.807, 2.05) is 12.1 Å². The summed E-state index contributed by atoms with van der Waals surface area (Å²) in [4.78, 5) is 0. The molecule has 0 radical (unpaired) electrons. The van der Waals surface area contributed by atoms with Gasteiger partial charge in [-0.2, -0.15) is 0 Å². The standard InChI is InChI=1S/C19H22O2/c1-21-15-9-8-12-10-14(7-6-13(12)11-15)19(20)18-16-4-2-3-5-17(16)18/h6-11,16-20H,2-5H2,1H3. The predicted octanol–water partition coefficient (Wildman–Crippen LogP) is 4.32. The van der Waals surface area contributed by atoms with E-state index in [4.69, 9.17) is 4.74 Å². The minimum atomic E-state index is -0.287. The first-order valence-electron chi connectivity index (χ1n) is 8.04. The Morgan fingerprint density at radius 1 is 1.00 bits per heavy atom. The van der Waals surface area contributed by atoms with Crippen molar-refractivity contribution in [3.63, 3.8) is 0 Å². The monoisotopic (exact) mass is 282 g/mol. The largest absolute Gasteiger partial charge is 0.497 e. The first-order valence-corrected chi connectivity index (χ1v) is 8.04. The Labute approximate surface area is 125 Å². The number of rotatable bonds is 3. The third-order valence-corrected chi connectivity index (χ3v) is 5.50. The number of methoxy groups -OCH3 is 1. The van der Waals surface area contributed by atoms with Gasteiger partial charge in [0.15, 0.2) is 0 Å². The van der Waals surface area contributed by atoms with Crippen molar-refractivity contribution in [3.8, 4) is 5.75 Å². The molecule has 2 saturated carbocycles. The number of ether oxygens (including phenoxy) is 1. The number of benzene rings is 2. The van der Waals surface area contributed by atoms with E-state index >= 15 is 0 Å². The molecular formula is C19H22O2. The number of fused-ring (bicyclic) bond motifs is 2. The topological polar surface area (TPSA) is 29.5 Å². The van der Waals surface area contributed by atoms with Crippen molar-refractivity contribution >= 4 is 10.8 Å². The summed E-state index contributed by atoms with van der Waals surface area (Å²) >= 11 is 0. The Morgan fingerprint density at radius 3 is 2.38 bits per heavy atom. The van der Waals surface area contributed by atoms with Crippen LogP contribution in [0.25, 0.3) is 10.8 Å². The van der Waals surface area contributed by atoms with Crippen LogP contribution < -0.4 is 4.74 Å². The molecule has 0 spiro atoms. The van der Waals surface area contributed by atoms with Crippen LogP contribution in [0.1, 0.15) is 37.4 Å². The van der Waals surface area contributed by atoms with Crippen molar-refractivity contribution in [3.05, 3.63) is 42.0 Å². The van der Waals surface area contributed by atoms with Crippen molar-refractivity contribution < 1.29 is 9.84 Å². The molecule has 0 aliphatic heterocycles. The first kappa shape index (κ1) is 13.1. The SMILES string of the molecule is COc1ccc2cc(C(O)C3C4CCCCC43)ccc2c1. The first-order chi connectivity index (χ1) is 10.3. The summed E-state index contributed by atoms with van der Waals surface area (Å²) in [6.07, 6.45) is 5.04. The molecule has 0 saturated heterocycles. The molecule has 3 atom stereocenters. The lowest BCUT2D eigenvalue weighted by Crippen LogP contribution is -2.02. The summed E-state index contributed by atoms with van der Waals surface area (Å²) in [5, 5.41) is 13.1. The molecule has 2 aliphatic carbocycles. The van der Waals surface area contributed by atoms with Crippen LogP contribution in [-0.2, 0) is 0 Å². The van der Waals surface area contributed by atoms with Crippen LogP contribution in [0.3, 0.4) is 0 Å². The van der Waals surface area contributed by atoms with Crippen LogP contribution in [0.4, 0.5) is 0 Å². The van der Waals surface area contributed by atoms with E-state index in [2.05, 4.69) is 24.3 Å². The van der Waals surface area contributed by atoms with Crippen molar-refractivity contribution in [2.75, 3.05) is 7.11 Å². The van der Waals surface area contributed by atoms with E-state index in [-0.39, 0.29) is 6.10 Å². The van der Waals surface area contributed by atoms with E-state index in [0.29, 0.717) is 5.92 Å². The maximum Gasteiger partial charge on any atom is 0.119 e. The Bertz CT molecular complexity index is 652. The van der Waals surface area contributed by atoms with E-state index in [0.717, 1.165) is 23.1 Å². The summed E-state index contributed by atoms with van der Waals surface area (Å²) in [7, 11) is 1.69. The maximum atomic E-state index is 10.7. The van der Waals surface area contributed by atoms with Gasteiger partial charge >= 0.3 is 0 Å². The summed E-state index contributed by atoms with van der Waals surface area (Å²) in [6.45, 7) is 0. The van der Waals surface area contributed by atoms with Crippen LogP contribution >= 0.6 is 0 Å². The van der Waals surface area contributed by atoms with Crippen molar-refractivity contribution in [2.45, 2.75) is 31.8 Å². The molecule has 1 N–H and O–H groups in total. The van der Waals surface area contributed by atoms with Crippen molar-refractivity contribution in [1.29, 1.82) is 0 Å². The van der Waals surface area contributed by atoms with E-state index in [9.17, 15) is 5.11 Å². The van der Waals surface area contributed by atoms with Gasteiger partial charge in [0.25, 0.3) is 0 Å². The lowest BCUT2D eigenvalue weighted by atomic mass is 9.99. The summed E-state index contributed by atoms with van der Waals surface area (Å²) in [6, 6.07) is 12.4. The summed E-state index contributed by atoms with van der Waals surface area (Å²) in [5.74, 6) is 2.94. The Morgan fingerprint density at radius 2 is 1.67 bits per heavy atom. The second kappa shape index (κ2) is 5.03. The average Bonchev–Trinajstić information content (AvgIpc) is 3.27. The quantitative estimate of drug-likeness (QED) is 0.908. The fourth-order valence-corrected chi connectivity index (χ4v) is 4.29. The third kappa shape index (κ3) is 2.22. The van der Waals surface area contributed by atoms with Crippen LogP contribution in [0, 0.1) is 17.8 Å². The molecule has 2 aromatic carbocycles. The smallest absolute Gasteiger partial charge is 0.119 e. The highest BCUT2D eigenvalue weighted by atomic mass is 16.5. The van der Waals surface area contributed by atoms with Gasteiger partial charge in [-0.05, 0) is 65.1 Å². The molecule has 0 heterocycles. The molecule has 110 valence electrons. The minimum Gasteiger partial charge on any atom is -0.497 e. The molecule has 0 bridgehead atoms. The molecule has 21 heavy (non-hydrogen) atoms. The molecular weight excluding hydrogens is 260 g/mol. The molecule has 0 amide bonds. The molecule has 2 nitrogen and oxygen atoms in total. The Balaban J connectivity index is 1.61. The average molecular weight is 282 g/mol. The van der Waals surface area contributed by atoms with E-state index < -0.39 is 0 Å². The van der Waals surface area contributed by atoms with Gasteiger partial charge < -0.3 is 9.84 Å². The number of aliphatic hydroxyl groups is 1. The highest BCUT2D eigenvalue weighted by Crippen LogP contribution is 2.60. The molecule has 4 rings (SSSR count). The second-order valence-electron chi connectivity index (χ2n) is 6.61. The molecule has 0 aromatic heterocycles. The normalized spacial score (nSPS) is 29.0. The number of hydrogen-bond donors (Lipinski definition) is 1. The maximum absolute atomic E-state index is 10.7. The zero-order chi connectivity index (χ0) is 14.4. The van der Waals surface area contributed by atoms with Crippen molar-refractivity contribution in [2.24, 2.45) is 17.8 Å². The lowest BCUT2D eigenvalue weighted by molar-refractivity contribution is 0.142. The van der Waals surface area contributed by atoms with Gasteiger partial charge in [-0.3, -0.25) is 0 Å². The molecule has 3 unspecified atom stereocenters. The molecule has 2 fully saturated rings. The molecule has 2 aliphatic rings. The number of hydrogen-bond acceptors (Lipinski definition) is 2. The van der Waals surface area contributed by atoms with Gasteiger partial charge in [0.05, 0.1) is 13.2 Å². The molecule has 2 heteroatoms. The predicted molar refractivity (Wildman–Crippen MR) is 84.4 cm³/mol. The van der Waals surface area contributed by atoms with Crippen LogP contribution in [-0.4, -0.2) is 12.2 Å². The summed E-state index contributed by atoms with van der Waals surface area (Å²) < 4.78 is 5.26. The van der Waals surface area contributed by atoms with Crippen LogP contribution in [0.15, 0.2) is 36.4 Å². The number of aliphatic hydroxyl groups excluding tert-OH is 1. The fourth-order valence-electron chi connectivity index (χ4n) is 4.29. The zero-order valence-electron chi connectivity index (χ0n) is 12.5. The lowest BCUT2D eigenvalue weighted by Gasteiger charge is -2.12. The van der Waals surface area contributed by atoms with Crippen molar-refractivity contribution in [1.82, 2.24) is 0 Å². The summed E-state index contributed by atoms with van der Waals surface area (Å²) in [5.41, 5.74) is 1.08. The highest BCUT2D eigenvalue weighted by Gasteiger charge is 2.54.